The van der Waals surface area contributed by atoms with Crippen LogP contribution < -0.4 is 16.6 Å². The first-order valence-corrected chi connectivity index (χ1v) is 9.66. The van der Waals surface area contributed by atoms with Crippen LogP contribution in [0.3, 0.4) is 0 Å². The Morgan fingerprint density at radius 1 is 1.16 bits per heavy atom. The minimum absolute atomic E-state index is 0.121. The highest BCUT2D eigenvalue weighted by molar-refractivity contribution is 5.91. The summed E-state index contributed by atoms with van der Waals surface area (Å²) in [6.45, 7) is 3.91. The highest BCUT2D eigenvalue weighted by Crippen LogP contribution is 2.11. The van der Waals surface area contributed by atoms with Crippen LogP contribution in [0.25, 0.3) is 16.9 Å². The van der Waals surface area contributed by atoms with Crippen molar-refractivity contribution in [2.75, 3.05) is 39.4 Å². The predicted octanol–water partition coefficient (Wildman–Crippen LogP) is -0.924. The molecule has 1 saturated heterocycles. The molecule has 4 rings (SSSR count). The Labute approximate surface area is 175 Å². The van der Waals surface area contributed by atoms with Gasteiger partial charge in [0.05, 0.1) is 18.9 Å². The smallest absolute Gasteiger partial charge is 0.337 e. The summed E-state index contributed by atoms with van der Waals surface area (Å²) in [5.74, 6) is -1.34. The molecule has 31 heavy (non-hydrogen) atoms. The molecule has 3 aromatic rings. The van der Waals surface area contributed by atoms with Crippen molar-refractivity contribution >= 4 is 17.1 Å². The van der Waals surface area contributed by atoms with Gasteiger partial charge in [-0.15, -0.1) is 10.2 Å². The van der Waals surface area contributed by atoms with Gasteiger partial charge in [-0.3, -0.25) is 19.1 Å². The number of hydrogen-bond acceptors (Lipinski definition) is 8. The highest BCUT2D eigenvalue weighted by Gasteiger charge is 2.19. The molecule has 1 N–H and O–H groups in total. The highest BCUT2D eigenvalue weighted by atomic mass is 19.1. The first-order chi connectivity index (χ1) is 15.0. The number of fused-ring (bicyclic) bond motifs is 1. The molecule has 11 nitrogen and oxygen atoms in total. The molecule has 1 fully saturated rings. The third-order valence-corrected chi connectivity index (χ3v) is 4.97. The Balaban J connectivity index is 1.64. The number of nitrogens with zero attached hydrogens (tertiary/aromatic N) is 6. The summed E-state index contributed by atoms with van der Waals surface area (Å²) in [6, 6.07) is 5.09. The predicted molar refractivity (Wildman–Crippen MR) is 108 cm³/mol. The zero-order chi connectivity index (χ0) is 22.0. The number of ether oxygens (including phenoxy) is 1. The molecule has 0 unspecified atom stereocenters. The SMILES string of the molecule is Cn1c(=O)c2nc(C(=O)NCCN3CCOCC3)nnc2n(-c2ccc(F)cc2)c1=O. The molecule has 3 heterocycles. The normalized spacial score (nSPS) is 14.6. The van der Waals surface area contributed by atoms with Crippen molar-refractivity contribution in [1.82, 2.24) is 34.5 Å². The average molecular weight is 429 g/mol. The van der Waals surface area contributed by atoms with Crippen LogP contribution in [0, 0.1) is 5.82 Å². The number of carbonyl (C=O) groups excluding carboxylic acids is 1. The third kappa shape index (κ3) is 4.20. The topological polar surface area (TPSA) is 124 Å². The Kier molecular flexibility index (Phi) is 5.82. The van der Waals surface area contributed by atoms with Crippen LogP contribution in [0.4, 0.5) is 4.39 Å². The van der Waals surface area contributed by atoms with Crippen molar-refractivity contribution < 1.29 is 13.9 Å². The first kappa shape index (κ1) is 20.8. The van der Waals surface area contributed by atoms with Gasteiger partial charge in [-0.25, -0.2) is 18.7 Å². The lowest BCUT2D eigenvalue weighted by Gasteiger charge is -2.26. The summed E-state index contributed by atoms with van der Waals surface area (Å²) in [7, 11) is 1.29. The maximum atomic E-state index is 13.3. The second-order valence-corrected chi connectivity index (χ2v) is 6.98. The zero-order valence-electron chi connectivity index (χ0n) is 16.7. The third-order valence-electron chi connectivity index (χ3n) is 4.97. The Morgan fingerprint density at radius 2 is 1.87 bits per heavy atom. The molecule has 162 valence electrons. The van der Waals surface area contributed by atoms with Crippen LogP contribution in [0.2, 0.25) is 0 Å². The molecule has 0 spiro atoms. The van der Waals surface area contributed by atoms with Gasteiger partial charge in [-0.05, 0) is 24.3 Å². The fraction of sp³-hybridized carbons (Fsp3) is 0.368. The number of morpholine rings is 1. The second kappa shape index (κ2) is 8.70. The van der Waals surface area contributed by atoms with E-state index in [2.05, 4.69) is 25.4 Å². The van der Waals surface area contributed by atoms with Crippen LogP contribution in [0.15, 0.2) is 33.9 Å². The first-order valence-electron chi connectivity index (χ1n) is 9.66. The van der Waals surface area contributed by atoms with E-state index in [0.29, 0.717) is 26.3 Å². The summed E-state index contributed by atoms with van der Waals surface area (Å²) in [4.78, 5) is 43.9. The number of rotatable bonds is 5. The summed E-state index contributed by atoms with van der Waals surface area (Å²) < 4.78 is 20.5. The van der Waals surface area contributed by atoms with E-state index in [0.717, 1.165) is 22.2 Å². The minimum Gasteiger partial charge on any atom is -0.379 e. The molecule has 0 bridgehead atoms. The fourth-order valence-electron chi connectivity index (χ4n) is 3.25. The Morgan fingerprint density at radius 3 is 2.58 bits per heavy atom. The van der Waals surface area contributed by atoms with Crippen molar-refractivity contribution in [3.8, 4) is 5.69 Å². The molecule has 1 amide bonds. The lowest BCUT2D eigenvalue weighted by atomic mass is 10.3. The van der Waals surface area contributed by atoms with Crippen molar-refractivity contribution in [3.05, 3.63) is 56.7 Å². The van der Waals surface area contributed by atoms with Crippen LogP contribution in [0.5, 0.6) is 0 Å². The number of hydrogen-bond donors (Lipinski definition) is 1. The van der Waals surface area contributed by atoms with Crippen molar-refractivity contribution in [2.45, 2.75) is 0 Å². The van der Waals surface area contributed by atoms with Gasteiger partial charge in [-0.2, -0.15) is 0 Å². The van der Waals surface area contributed by atoms with E-state index in [1.165, 1.54) is 31.3 Å². The molecule has 12 heteroatoms. The maximum absolute atomic E-state index is 13.3. The van der Waals surface area contributed by atoms with Crippen LogP contribution in [-0.2, 0) is 11.8 Å². The number of carbonyl (C=O) groups is 1. The standard InChI is InChI=1S/C19H20FN7O4/c1-25-18(29)14-16(27(19(25)30)13-4-2-12(20)3-5-13)24-23-15(22-14)17(28)21-6-7-26-8-10-31-11-9-26/h2-5H,6-11H2,1H3,(H,21,28). The van der Waals surface area contributed by atoms with Crippen LogP contribution in [-0.4, -0.2) is 74.5 Å². The van der Waals surface area contributed by atoms with Gasteiger partial charge in [0.25, 0.3) is 11.5 Å². The number of aromatic nitrogens is 5. The minimum atomic E-state index is -0.712. The lowest BCUT2D eigenvalue weighted by molar-refractivity contribution is 0.0383. The van der Waals surface area contributed by atoms with Crippen molar-refractivity contribution in [2.24, 2.45) is 7.05 Å². The molecule has 0 aliphatic carbocycles. The van der Waals surface area contributed by atoms with Gasteiger partial charge in [-0.1, -0.05) is 0 Å². The quantitative estimate of drug-likeness (QED) is 0.552. The lowest BCUT2D eigenvalue weighted by Crippen LogP contribution is -2.42. The van der Waals surface area contributed by atoms with E-state index in [-0.39, 0.29) is 22.7 Å². The van der Waals surface area contributed by atoms with E-state index < -0.39 is 23.0 Å². The molecule has 1 aliphatic rings. The van der Waals surface area contributed by atoms with Crippen molar-refractivity contribution in [1.29, 1.82) is 0 Å². The molecule has 0 radical (unpaired) electrons. The molecule has 1 aliphatic heterocycles. The summed E-state index contributed by atoms with van der Waals surface area (Å²) >= 11 is 0. The van der Waals surface area contributed by atoms with Crippen LogP contribution >= 0.6 is 0 Å². The van der Waals surface area contributed by atoms with E-state index in [9.17, 15) is 18.8 Å². The molecular formula is C19H20FN7O4. The van der Waals surface area contributed by atoms with Gasteiger partial charge >= 0.3 is 5.69 Å². The van der Waals surface area contributed by atoms with Gasteiger partial charge in [0.15, 0.2) is 11.2 Å². The molecule has 2 aromatic heterocycles. The van der Waals surface area contributed by atoms with E-state index in [4.69, 9.17) is 4.74 Å². The van der Waals surface area contributed by atoms with Gasteiger partial charge in [0.2, 0.25) is 5.82 Å². The van der Waals surface area contributed by atoms with Crippen LogP contribution in [0.1, 0.15) is 10.6 Å². The fourth-order valence-corrected chi connectivity index (χ4v) is 3.25. The molecule has 0 atom stereocenters. The van der Waals surface area contributed by atoms with Gasteiger partial charge in [0, 0.05) is 33.2 Å². The maximum Gasteiger partial charge on any atom is 0.337 e. The largest absolute Gasteiger partial charge is 0.379 e. The van der Waals surface area contributed by atoms with E-state index in [1.807, 2.05) is 0 Å². The summed E-state index contributed by atoms with van der Waals surface area (Å²) in [6.07, 6.45) is 0. The molecule has 1 aromatic carbocycles. The summed E-state index contributed by atoms with van der Waals surface area (Å²) in [5.41, 5.74) is -1.44. The van der Waals surface area contributed by atoms with Gasteiger partial charge in [0.1, 0.15) is 5.82 Å². The number of halogens is 1. The number of amides is 1. The number of nitrogens with one attached hydrogen (secondary N) is 1. The number of benzene rings is 1. The average Bonchev–Trinajstić information content (AvgIpc) is 2.79. The monoisotopic (exact) mass is 429 g/mol. The Bertz CT molecular complexity index is 1230. The van der Waals surface area contributed by atoms with Gasteiger partial charge < -0.3 is 10.1 Å². The summed E-state index contributed by atoms with van der Waals surface area (Å²) in [5, 5.41) is 10.4. The molecular weight excluding hydrogens is 409 g/mol. The zero-order valence-corrected chi connectivity index (χ0v) is 16.7. The van der Waals surface area contributed by atoms with Crippen molar-refractivity contribution in [3.63, 3.8) is 0 Å². The van der Waals surface area contributed by atoms with E-state index >= 15 is 0 Å². The molecule has 0 saturated carbocycles. The second-order valence-electron chi connectivity index (χ2n) is 6.98. The Hall–Kier alpha value is -3.51. The van der Waals surface area contributed by atoms with E-state index in [1.54, 1.807) is 0 Å².